The Balaban J connectivity index is 1.83. The van der Waals surface area contributed by atoms with Crippen molar-refractivity contribution in [2.24, 2.45) is 0 Å². The molecule has 0 fully saturated rings. The molecule has 0 saturated heterocycles. The number of nitrogens with one attached hydrogen (secondary N) is 3. The van der Waals surface area contributed by atoms with E-state index >= 15 is 0 Å². The SMILES string of the molecule is CCCCNC(=O)c1cccc(NCC(=O)Nc2ccc(OC(C)C)cc2)c1. The van der Waals surface area contributed by atoms with Gasteiger partial charge in [0.05, 0.1) is 12.6 Å². The Morgan fingerprint density at radius 1 is 1.04 bits per heavy atom. The molecule has 150 valence electrons. The third-order valence-corrected chi connectivity index (χ3v) is 3.90. The van der Waals surface area contributed by atoms with Gasteiger partial charge in [-0.1, -0.05) is 19.4 Å². The van der Waals surface area contributed by atoms with Crippen LogP contribution in [0, 0.1) is 0 Å². The molecule has 28 heavy (non-hydrogen) atoms. The van der Waals surface area contributed by atoms with Crippen molar-refractivity contribution < 1.29 is 14.3 Å². The van der Waals surface area contributed by atoms with Crippen molar-refractivity contribution in [3.05, 3.63) is 54.1 Å². The molecule has 0 aliphatic carbocycles. The smallest absolute Gasteiger partial charge is 0.251 e. The number of hydrogen-bond donors (Lipinski definition) is 3. The normalized spacial score (nSPS) is 10.4. The molecule has 0 aliphatic rings. The minimum Gasteiger partial charge on any atom is -0.491 e. The summed E-state index contributed by atoms with van der Waals surface area (Å²) in [6, 6.07) is 14.4. The summed E-state index contributed by atoms with van der Waals surface area (Å²) in [5, 5.41) is 8.76. The highest BCUT2D eigenvalue weighted by Gasteiger charge is 2.07. The first kappa shape index (κ1) is 21.3. The molecular weight excluding hydrogens is 354 g/mol. The van der Waals surface area contributed by atoms with Crippen molar-refractivity contribution in [3.63, 3.8) is 0 Å². The Bertz CT molecular complexity index is 773. The first-order chi connectivity index (χ1) is 13.5. The first-order valence-corrected chi connectivity index (χ1v) is 9.66. The maximum atomic E-state index is 12.2. The second-order valence-electron chi connectivity index (χ2n) is 6.78. The molecule has 0 bridgehead atoms. The number of hydrogen-bond acceptors (Lipinski definition) is 4. The van der Waals surface area contributed by atoms with E-state index in [0.717, 1.165) is 24.3 Å². The van der Waals surface area contributed by atoms with E-state index in [1.165, 1.54) is 0 Å². The lowest BCUT2D eigenvalue weighted by molar-refractivity contribution is -0.114. The molecule has 2 amide bonds. The third kappa shape index (κ3) is 7.31. The monoisotopic (exact) mass is 383 g/mol. The van der Waals surface area contributed by atoms with Gasteiger partial charge in [-0.15, -0.1) is 0 Å². The summed E-state index contributed by atoms with van der Waals surface area (Å²) in [6.45, 7) is 6.77. The maximum Gasteiger partial charge on any atom is 0.251 e. The number of ether oxygens (including phenoxy) is 1. The van der Waals surface area contributed by atoms with Crippen LogP contribution in [0.4, 0.5) is 11.4 Å². The molecule has 2 aromatic rings. The number of rotatable bonds is 10. The minimum atomic E-state index is -0.171. The molecule has 0 spiro atoms. The molecule has 2 rings (SSSR count). The van der Waals surface area contributed by atoms with Crippen LogP contribution in [0.2, 0.25) is 0 Å². The first-order valence-electron chi connectivity index (χ1n) is 9.66. The molecule has 0 unspecified atom stereocenters. The molecule has 0 radical (unpaired) electrons. The van der Waals surface area contributed by atoms with Gasteiger partial charge in [0, 0.05) is 23.5 Å². The number of carbonyl (C=O) groups excluding carboxylic acids is 2. The quantitative estimate of drug-likeness (QED) is 0.541. The fourth-order valence-corrected chi connectivity index (χ4v) is 2.53. The zero-order valence-electron chi connectivity index (χ0n) is 16.7. The summed E-state index contributed by atoms with van der Waals surface area (Å²) in [5.74, 6) is 0.487. The second-order valence-corrected chi connectivity index (χ2v) is 6.78. The van der Waals surface area contributed by atoms with Crippen LogP contribution in [0.5, 0.6) is 5.75 Å². The van der Waals surface area contributed by atoms with E-state index in [1.54, 1.807) is 30.3 Å². The highest BCUT2D eigenvalue weighted by atomic mass is 16.5. The van der Waals surface area contributed by atoms with Crippen LogP contribution in [0.15, 0.2) is 48.5 Å². The lowest BCUT2D eigenvalue weighted by atomic mass is 10.2. The summed E-state index contributed by atoms with van der Waals surface area (Å²) >= 11 is 0. The molecule has 0 heterocycles. The van der Waals surface area contributed by atoms with Crippen LogP contribution in [0.25, 0.3) is 0 Å². The van der Waals surface area contributed by atoms with Gasteiger partial charge in [0.1, 0.15) is 5.75 Å². The summed E-state index contributed by atoms with van der Waals surface area (Å²) in [7, 11) is 0. The second kappa shape index (κ2) is 11.0. The van der Waals surface area contributed by atoms with Gasteiger partial charge in [0.15, 0.2) is 0 Å². The van der Waals surface area contributed by atoms with Crippen LogP contribution >= 0.6 is 0 Å². The third-order valence-electron chi connectivity index (χ3n) is 3.90. The van der Waals surface area contributed by atoms with Gasteiger partial charge in [-0.3, -0.25) is 9.59 Å². The largest absolute Gasteiger partial charge is 0.491 e. The molecule has 0 saturated carbocycles. The number of benzene rings is 2. The number of anilines is 2. The van der Waals surface area contributed by atoms with Crippen LogP contribution in [-0.2, 0) is 4.79 Å². The Hall–Kier alpha value is -3.02. The van der Waals surface area contributed by atoms with E-state index in [-0.39, 0.29) is 24.5 Å². The average Bonchev–Trinajstić information content (AvgIpc) is 2.68. The van der Waals surface area contributed by atoms with Crippen molar-refractivity contribution in [2.75, 3.05) is 23.7 Å². The Kier molecular flexibility index (Phi) is 8.34. The van der Waals surface area contributed by atoms with Crippen molar-refractivity contribution in [3.8, 4) is 5.75 Å². The van der Waals surface area contributed by atoms with Crippen molar-refractivity contribution in [1.29, 1.82) is 0 Å². The maximum absolute atomic E-state index is 12.2. The lowest BCUT2D eigenvalue weighted by Gasteiger charge is -2.11. The van der Waals surface area contributed by atoms with E-state index in [2.05, 4.69) is 22.9 Å². The fraction of sp³-hybridized carbons (Fsp3) is 0.364. The van der Waals surface area contributed by atoms with E-state index in [9.17, 15) is 9.59 Å². The van der Waals surface area contributed by atoms with Crippen molar-refractivity contribution >= 4 is 23.2 Å². The van der Waals surface area contributed by atoms with Gasteiger partial charge in [-0.2, -0.15) is 0 Å². The zero-order valence-corrected chi connectivity index (χ0v) is 16.7. The number of amides is 2. The van der Waals surface area contributed by atoms with E-state index in [0.29, 0.717) is 17.8 Å². The van der Waals surface area contributed by atoms with Crippen LogP contribution in [0.3, 0.4) is 0 Å². The molecule has 0 aromatic heterocycles. The summed E-state index contributed by atoms with van der Waals surface area (Å²) in [6.07, 6.45) is 2.09. The fourth-order valence-electron chi connectivity index (χ4n) is 2.53. The molecule has 0 atom stereocenters. The number of carbonyl (C=O) groups is 2. The van der Waals surface area contributed by atoms with E-state index < -0.39 is 0 Å². The van der Waals surface area contributed by atoms with E-state index in [4.69, 9.17) is 4.74 Å². The van der Waals surface area contributed by atoms with Gasteiger partial charge < -0.3 is 20.7 Å². The lowest BCUT2D eigenvalue weighted by Crippen LogP contribution is -2.25. The standard InChI is InChI=1S/C22H29N3O3/c1-4-5-13-23-22(27)17-7-6-8-19(14-17)24-15-21(26)25-18-9-11-20(12-10-18)28-16(2)3/h6-12,14,16,24H,4-5,13,15H2,1-3H3,(H,23,27)(H,25,26). The average molecular weight is 383 g/mol. The van der Waals surface area contributed by atoms with Gasteiger partial charge in [0.25, 0.3) is 5.91 Å². The highest BCUT2D eigenvalue weighted by Crippen LogP contribution is 2.17. The van der Waals surface area contributed by atoms with Crippen molar-refractivity contribution in [1.82, 2.24) is 5.32 Å². The summed E-state index contributed by atoms with van der Waals surface area (Å²) < 4.78 is 5.58. The predicted octanol–water partition coefficient (Wildman–Crippen LogP) is 4.05. The Labute approximate surface area is 166 Å². The molecular formula is C22H29N3O3. The molecule has 3 N–H and O–H groups in total. The van der Waals surface area contributed by atoms with Gasteiger partial charge >= 0.3 is 0 Å². The molecule has 6 nitrogen and oxygen atoms in total. The zero-order chi connectivity index (χ0) is 20.4. The van der Waals surface area contributed by atoms with Crippen LogP contribution in [-0.4, -0.2) is 31.0 Å². The van der Waals surface area contributed by atoms with Crippen LogP contribution in [0.1, 0.15) is 44.0 Å². The van der Waals surface area contributed by atoms with Gasteiger partial charge in [-0.25, -0.2) is 0 Å². The topological polar surface area (TPSA) is 79.5 Å². The molecule has 2 aromatic carbocycles. The predicted molar refractivity (Wildman–Crippen MR) is 113 cm³/mol. The highest BCUT2D eigenvalue weighted by molar-refractivity contribution is 5.96. The number of unbranched alkanes of at least 4 members (excludes halogenated alkanes) is 1. The summed E-state index contributed by atoms with van der Waals surface area (Å²) in [5.41, 5.74) is 1.99. The van der Waals surface area contributed by atoms with E-state index in [1.807, 2.05) is 32.0 Å². The molecule has 0 aliphatic heterocycles. The van der Waals surface area contributed by atoms with Crippen LogP contribution < -0.4 is 20.7 Å². The minimum absolute atomic E-state index is 0.102. The molecule has 6 heteroatoms. The Morgan fingerprint density at radius 2 is 1.79 bits per heavy atom. The summed E-state index contributed by atoms with van der Waals surface area (Å²) in [4.78, 5) is 24.3. The Morgan fingerprint density at radius 3 is 2.46 bits per heavy atom. The van der Waals surface area contributed by atoms with Gasteiger partial charge in [0.2, 0.25) is 5.91 Å². The van der Waals surface area contributed by atoms with Gasteiger partial charge in [-0.05, 0) is 62.7 Å². The van der Waals surface area contributed by atoms with Crippen molar-refractivity contribution in [2.45, 2.75) is 39.7 Å².